The monoisotopic (exact) mass is 752 g/mol. The largest absolute Gasteiger partial charge is 0.309 e. The highest BCUT2D eigenvalue weighted by molar-refractivity contribution is 6.12. The molecular weight excluding hydrogens is 717 g/mol. The second kappa shape index (κ2) is 14.5. The van der Waals surface area contributed by atoms with Crippen molar-refractivity contribution in [3.63, 3.8) is 0 Å². The summed E-state index contributed by atoms with van der Waals surface area (Å²) in [5, 5.41) is 4.65. The van der Waals surface area contributed by atoms with Crippen molar-refractivity contribution < 1.29 is 0 Å². The molecule has 0 N–H and O–H groups in total. The van der Waals surface area contributed by atoms with Gasteiger partial charge in [0.25, 0.3) is 0 Å². The molecule has 0 aliphatic rings. The van der Waals surface area contributed by atoms with Crippen molar-refractivity contribution in [3.8, 4) is 73.2 Å². The minimum atomic E-state index is 0.628. The van der Waals surface area contributed by atoms with Gasteiger partial charge in [-0.15, -0.1) is 0 Å². The molecule has 0 radical (unpaired) electrons. The third-order valence-corrected chi connectivity index (χ3v) is 11.3. The SMILES string of the molecule is c1ccc(-c2ccc3c4ccccc4n(-c4ccccc4-c4ccc(-c5nc(-c6ccccc6)nc(-c6ccccc6-c6ccccc6)n5)c5ccccc45)c3c2)cc1. The Morgan fingerprint density at radius 3 is 1.47 bits per heavy atom. The molecular formula is C55H36N4. The summed E-state index contributed by atoms with van der Waals surface area (Å²) >= 11 is 0. The molecule has 276 valence electrons. The molecule has 11 rings (SSSR count). The number of hydrogen-bond donors (Lipinski definition) is 0. The van der Waals surface area contributed by atoms with Gasteiger partial charge < -0.3 is 4.57 Å². The standard InChI is InChI=1S/C55H36N4/c1-4-18-37(19-5-1)40-32-33-47-46-28-15-17-31-51(46)59(52(47)36-40)50-30-16-14-27-45(50)44-34-35-49(43-26-12-11-25-42(43)44)55-57-53(39-22-8-3-9-23-39)56-54(58-55)48-29-13-10-24-41(48)38-20-6-2-7-21-38/h1-36H. The van der Waals surface area contributed by atoms with Crippen LogP contribution in [0.3, 0.4) is 0 Å². The van der Waals surface area contributed by atoms with E-state index < -0.39 is 0 Å². The summed E-state index contributed by atoms with van der Waals surface area (Å²) < 4.78 is 2.43. The second-order valence-corrected chi connectivity index (χ2v) is 14.8. The molecule has 0 fully saturated rings. The highest BCUT2D eigenvalue weighted by Crippen LogP contribution is 2.42. The molecule has 2 heterocycles. The van der Waals surface area contributed by atoms with E-state index >= 15 is 0 Å². The first-order chi connectivity index (χ1) is 29.3. The van der Waals surface area contributed by atoms with Crippen molar-refractivity contribution in [1.82, 2.24) is 19.5 Å². The molecule has 0 amide bonds. The highest BCUT2D eigenvalue weighted by atomic mass is 15.0. The van der Waals surface area contributed by atoms with Crippen LogP contribution in [0, 0.1) is 0 Å². The molecule has 0 saturated carbocycles. The van der Waals surface area contributed by atoms with Crippen molar-refractivity contribution in [2.24, 2.45) is 0 Å². The molecule has 11 aromatic rings. The average molecular weight is 753 g/mol. The van der Waals surface area contributed by atoms with Gasteiger partial charge in [0.05, 0.1) is 16.7 Å². The molecule has 59 heavy (non-hydrogen) atoms. The van der Waals surface area contributed by atoms with E-state index in [1.54, 1.807) is 0 Å². The smallest absolute Gasteiger partial charge is 0.164 e. The van der Waals surface area contributed by atoms with Crippen LogP contribution in [0.2, 0.25) is 0 Å². The molecule has 4 nitrogen and oxygen atoms in total. The second-order valence-electron chi connectivity index (χ2n) is 14.8. The number of nitrogens with zero attached hydrogens (tertiary/aromatic N) is 4. The minimum Gasteiger partial charge on any atom is -0.309 e. The summed E-state index contributed by atoms with van der Waals surface area (Å²) in [6.45, 7) is 0. The van der Waals surface area contributed by atoms with E-state index in [0.717, 1.165) is 55.4 Å². The van der Waals surface area contributed by atoms with Crippen LogP contribution in [0.5, 0.6) is 0 Å². The Kier molecular flexibility index (Phi) is 8.45. The first-order valence-electron chi connectivity index (χ1n) is 20.0. The lowest BCUT2D eigenvalue weighted by Crippen LogP contribution is -2.02. The van der Waals surface area contributed by atoms with Gasteiger partial charge in [-0.1, -0.05) is 194 Å². The molecule has 2 aromatic heterocycles. The average Bonchev–Trinajstić information content (AvgIpc) is 3.65. The molecule has 0 bridgehead atoms. The van der Waals surface area contributed by atoms with Crippen LogP contribution in [0.15, 0.2) is 218 Å². The van der Waals surface area contributed by atoms with Gasteiger partial charge in [-0.05, 0) is 62.9 Å². The lowest BCUT2D eigenvalue weighted by molar-refractivity contribution is 1.08. The van der Waals surface area contributed by atoms with Crippen LogP contribution in [-0.2, 0) is 0 Å². The fourth-order valence-electron chi connectivity index (χ4n) is 8.55. The maximum Gasteiger partial charge on any atom is 0.164 e. The van der Waals surface area contributed by atoms with Crippen LogP contribution < -0.4 is 0 Å². The summed E-state index contributed by atoms with van der Waals surface area (Å²) in [7, 11) is 0. The van der Waals surface area contributed by atoms with Gasteiger partial charge in [0.1, 0.15) is 0 Å². The van der Waals surface area contributed by atoms with Crippen molar-refractivity contribution in [3.05, 3.63) is 218 Å². The van der Waals surface area contributed by atoms with Crippen molar-refractivity contribution in [2.75, 3.05) is 0 Å². The van der Waals surface area contributed by atoms with E-state index in [4.69, 9.17) is 15.0 Å². The van der Waals surface area contributed by atoms with Gasteiger partial charge in [-0.25, -0.2) is 15.0 Å². The maximum atomic E-state index is 5.27. The van der Waals surface area contributed by atoms with Crippen molar-refractivity contribution in [1.29, 1.82) is 0 Å². The number of rotatable bonds is 7. The van der Waals surface area contributed by atoms with Crippen LogP contribution in [0.4, 0.5) is 0 Å². The molecule has 0 spiro atoms. The van der Waals surface area contributed by atoms with E-state index in [1.807, 2.05) is 24.3 Å². The van der Waals surface area contributed by atoms with Gasteiger partial charge in [0.2, 0.25) is 0 Å². The van der Waals surface area contributed by atoms with Gasteiger partial charge >= 0.3 is 0 Å². The number of aromatic nitrogens is 4. The molecule has 4 heteroatoms. The fraction of sp³-hybridized carbons (Fsp3) is 0. The first-order valence-corrected chi connectivity index (χ1v) is 20.0. The summed E-state index contributed by atoms with van der Waals surface area (Å²) in [6.07, 6.45) is 0. The summed E-state index contributed by atoms with van der Waals surface area (Å²) in [5.74, 6) is 1.89. The minimum absolute atomic E-state index is 0.628. The highest BCUT2D eigenvalue weighted by Gasteiger charge is 2.21. The van der Waals surface area contributed by atoms with Crippen molar-refractivity contribution in [2.45, 2.75) is 0 Å². The summed E-state index contributed by atoms with van der Waals surface area (Å²) in [6, 6.07) is 77.0. The van der Waals surface area contributed by atoms with E-state index in [1.165, 1.54) is 32.9 Å². The van der Waals surface area contributed by atoms with Gasteiger partial charge in [-0.2, -0.15) is 0 Å². The Hall–Kier alpha value is -7.95. The number of hydrogen-bond acceptors (Lipinski definition) is 3. The van der Waals surface area contributed by atoms with E-state index in [-0.39, 0.29) is 0 Å². The predicted octanol–water partition coefficient (Wildman–Crippen LogP) is 14.1. The Morgan fingerprint density at radius 2 is 0.746 bits per heavy atom. The van der Waals surface area contributed by atoms with Crippen LogP contribution in [0.1, 0.15) is 0 Å². The topological polar surface area (TPSA) is 43.6 Å². The quantitative estimate of drug-likeness (QED) is 0.163. The summed E-state index contributed by atoms with van der Waals surface area (Å²) in [5.41, 5.74) is 13.1. The van der Waals surface area contributed by atoms with Crippen LogP contribution >= 0.6 is 0 Å². The number of para-hydroxylation sites is 2. The molecule has 0 saturated heterocycles. The molecule has 0 atom stereocenters. The van der Waals surface area contributed by atoms with Crippen LogP contribution in [0.25, 0.3) is 106 Å². The van der Waals surface area contributed by atoms with Crippen LogP contribution in [-0.4, -0.2) is 19.5 Å². The van der Waals surface area contributed by atoms with E-state index in [9.17, 15) is 0 Å². The Morgan fingerprint density at radius 1 is 0.254 bits per heavy atom. The lowest BCUT2D eigenvalue weighted by atomic mass is 9.93. The number of fused-ring (bicyclic) bond motifs is 4. The number of benzene rings is 9. The molecule has 9 aromatic carbocycles. The third-order valence-electron chi connectivity index (χ3n) is 11.3. The van der Waals surface area contributed by atoms with Gasteiger partial charge in [-0.3, -0.25) is 0 Å². The fourth-order valence-corrected chi connectivity index (χ4v) is 8.55. The third kappa shape index (κ3) is 6.06. The molecule has 0 unspecified atom stereocenters. The Labute approximate surface area is 342 Å². The van der Waals surface area contributed by atoms with Gasteiger partial charge in [0.15, 0.2) is 17.5 Å². The summed E-state index contributed by atoms with van der Waals surface area (Å²) in [4.78, 5) is 15.6. The maximum absolute atomic E-state index is 5.27. The normalized spacial score (nSPS) is 11.4. The lowest BCUT2D eigenvalue weighted by Gasteiger charge is -2.17. The van der Waals surface area contributed by atoms with E-state index in [0.29, 0.717) is 17.5 Å². The Balaban J connectivity index is 1.12. The first kappa shape index (κ1) is 34.3. The zero-order valence-electron chi connectivity index (χ0n) is 32.1. The van der Waals surface area contributed by atoms with E-state index in [2.05, 4.69) is 199 Å². The van der Waals surface area contributed by atoms with Crippen molar-refractivity contribution >= 4 is 32.6 Å². The zero-order chi connectivity index (χ0) is 39.1. The molecule has 0 aliphatic heterocycles. The zero-order valence-corrected chi connectivity index (χ0v) is 32.1. The van der Waals surface area contributed by atoms with Gasteiger partial charge in [0, 0.05) is 33.0 Å². The molecule has 0 aliphatic carbocycles. The Bertz CT molecular complexity index is 3320. The predicted molar refractivity (Wildman–Crippen MR) is 244 cm³/mol.